The summed E-state index contributed by atoms with van der Waals surface area (Å²) in [4.78, 5) is 0.525. The minimum Gasteiger partial charge on any atom is -0.224 e. The van der Waals surface area contributed by atoms with Gasteiger partial charge in [-0.05, 0) is 35.0 Å². The molecule has 0 aliphatic heterocycles. The average molecular weight is 312 g/mol. The maximum Gasteiger partial charge on any atom is 0.178 e. The lowest BCUT2D eigenvalue weighted by Crippen LogP contribution is -2.04. The lowest BCUT2D eigenvalue weighted by molar-refractivity contribution is 0.595. The topological polar surface area (TPSA) is 68.3 Å². The van der Waals surface area contributed by atoms with Gasteiger partial charge >= 0.3 is 0 Å². The van der Waals surface area contributed by atoms with Gasteiger partial charge in [-0.3, -0.25) is 0 Å². The fourth-order valence-corrected chi connectivity index (χ4v) is 3.75. The molecule has 0 atom stereocenters. The number of hydrogen-bond acceptors (Lipinski definition) is 4. The summed E-state index contributed by atoms with van der Waals surface area (Å²) in [7, 11) is -6.50. The van der Waals surface area contributed by atoms with Crippen molar-refractivity contribution in [1.82, 2.24) is 0 Å². The van der Waals surface area contributed by atoms with Gasteiger partial charge in [0, 0.05) is 0 Å². The number of sulfone groups is 2. The molecule has 0 saturated heterocycles. The van der Waals surface area contributed by atoms with Gasteiger partial charge in [0.05, 0.1) is 21.3 Å². The summed E-state index contributed by atoms with van der Waals surface area (Å²) in [6, 6.07) is 9.49. The smallest absolute Gasteiger partial charge is 0.178 e. The van der Waals surface area contributed by atoms with E-state index in [1.54, 1.807) is 38.1 Å². The van der Waals surface area contributed by atoms with Gasteiger partial charge < -0.3 is 0 Å². The van der Waals surface area contributed by atoms with Crippen LogP contribution in [0.1, 0.15) is 13.8 Å². The molecular formula is C14H16O4S2. The van der Waals surface area contributed by atoms with E-state index in [0.29, 0.717) is 0 Å². The van der Waals surface area contributed by atoms with E-state index in [-0.39, 0.29) is 21.3 Å². The van der Waals surface area contributed by atoms with Crippen LogP contribution in [0.5, 0.6) is 0 Å². The molecule has 0 N–H and O–H groups in total. The van der Waals surface area contributed by atoms with Crippen LogP contribution >= 0.6 is 0 Å². The predicted molar refractivity (Wildman–Crippen MR) is 79.4 cm³/mol. The first kappa shape index (κ1) is 15.0. The second-order valence-electron chi connectivity index (χ2n) is 4.48. The molecule has 0 saturated carbocycles. The summed E-state index contributed by atoms with van der Waals surface area (Å²) in [5, 5.41) is 1.43. The van der Waals surface area contributed by atoms with E-state index < -0.39 is 19.7 Å². The van der Waals surface area contributed by atoms with Crippen molar-refractivity contribution in [3.63, 3.8) is 0 Å². The van der Waals surface area contributed by atoms with Gasteiger partial charge in [0.25, 0.3) is 0 Å². The molecule has 2 aromatic rings. The zero-order valence-electron chi connectivity index (χ0n) is 11.3. The van der Waals surface area contributed by atoms with Crippen LogP contribution in [0.2, 0.25) is 0 Å². The highest BCUT2D eigenvalue weighted by Gasteiger charge is 2.14. The van der Waals surface area contributed by atoms with E-state index in [4.69, 9.17) is 0 Å². The average Bonchev–Trinajstić information content (AvgIpc) is 2.46. The maximum atomic E-state index is 11.8. The second kappa shape index (κ2) is 5.18. The Morgan fingerprint density at radius 1 is 0.700 bits per heavy atom. The Balaban J connectivity index is 2.62. The summed E-state index contributed by atoms with van der Waals surface area (Å²) in [6.07, 6.45) is 0. The lowest BCUT2D eigenvalue weighted by Gasteiger charge is -2.06. The molecule has 0 spiro atoms. The van der Waals surface area contributed by atoms with Crippen molar-refractivity contribution in [2.45, 2.75) is 23.6 Å². The van der Waals surface area contributed by atoms with Crippen LogP contribution in [-0.2, 0) is 19.7 Å². The molecule has 6 heteroatoms. The molecule has 0 heterocycles. The third-order valence-electron chi connectivity index (χ3n) is 3.26. The number of rotatable bonds is 4. The molecule has 0 aliphatic rings. The van der Waals surface area contributed by atoms with Gasteiger partial charge in [-0.1, -0.05) is 26.0 Å². The highest BCUT2D eigenvalue weighted by molar-refractivity contribution is 7.91. The van der Waals surface area contributed by atoms with Crippen LogP contribution in [0.15, 0.2) is 46.2 Å². The Labute approximate surface area is 119 Å². The molecule has 20 heavy (non-hydrogen) atoms. The summed E-state index contributed by atoms with van der Waals surface area (Å²) in [5.41, 5.74) is 0. The van der Waals surface area contributed by atoms with Crippen LogP contribution in [0.3, 0.4) is 0 Å². The third kappa shape index (κ3) is 2.71. The highest BCUT2D eigenvalue weighted by atomic mass is 32.2. The number of benzene rings is 2. The molecule has 0 aromatic heterocycles. The van der Waals surface area contributed by atoms with E-state index >= 15 is 0 Å². The standard InChI is InChI=1S/C14H16O4S2/c1-3-19(15,16)13-7-5-12-10-14(20(17,18)4-2)8-6-11(12)9-13/h5-10H,3-4H2,1-2H3. The molecule has 2 aromatic carbocycles. The summed E-state index contributed by atoms with van der Waals surface area (Å²) in [5.74, 6) is 0.0849. The van der Waals surface area contributed by atoms with Gasteiger partial charge in [-0.25, -0.2) is 16.8 Å². The minimum atomic E-state index is -3.25. The maximum absolute atomic E-state index is 11.8. The van der Waals surface area contributed by atoms with Crippen molar-refractivity contribution < 1.29 is 16.8 Å². The van der Waals surface area contributed by atoms with E-state index in [0.717, 1.165) is 10.8 Å². The van der Waals surface area contributed by atoms with Crippen LogP contribution in [0.4, 0.5) is 0 Å². The molecule has 0 radical (unpaired) electrons. The fourth-order valence-electron chi connectivity index (χ4n) is 1.92. The van der Waals surface area contributed by atoms with Gasteiger partial charge in [-0.15, -0.1) is 0 Å². The van der Waals surface area contributed by atoms with E-state index in [2.05, 4.69) is 0 Å². The molecule has 0 unspecified atom stereocenters. The normalized spacial score (nSPS) is 12.7. The van der Waals surface area contributed by atoms with Gasteiger partial charge in [-0.2, -0.15) is 0 Å². The van der Waals surface area contributed by atoms with Gasteiger partial charge in [0.2, 0.25) is 0 Å². The summed E-state index contributed by atoms with van der Waals surface area (Å²) >= 11 is 0. The fraction of sp³-hybridized carbons (Fsp3) is 0.286. The van der Waals surface area contributed by atoms with Crippen LogP contribution in [0.25, 0.3) is 10.8 Å². The Morgan fingerprint density at radius 2 is 1.05 bits per heavy atom. The Bertz CT molecular complexity index is 777. The van der Waals surface area contributed by atoms with Crippen molar-refractivity contribution in [2.75, 3.05) is 11.5 Å². The molecule has 108 valence electrons. The first-order chi connectivity index (χ1) is 9.30. The molecule has 0 fully saturated rings. The van der Waals surface area contributed by atoms with Crippen molar-refractivity contribution in [2.24, 2.45) is 0 Å². The SMILES string of the molecule is CCS(=O)(=O)c1ccc2cc(S(=O)(=O)CC)ccc2c1. The predicted octanol–water partition coefficient (Wildman–Crippen LogP) is 2.43. The Morgan fingerprint density at radius 3 is 1.35 bits per heavy atom. The van der Waals surface area contributed by atoms with Crippen molar-refractivity contribution in [3.8, 4) is 0 Å². The van der Waals surface area contributed by atoms with Gasteiger partial charge in [0.15, 0.2) is 19.7 Å². The number of hydrogen-bond donors (Lipinski definition) is 0. The summed E-state index contributed by atoms with van der Waals surface area (Å²) < 4.78 is 47.3. The Hall–Kier alpha value is -1.40. The van der Waals surface area contributed by atoms with Crippen LogP contribution in [-0.4, -0.2) is 28.3 Å². The summed E-state index contributed by atoms with van der Waals surface area (Å²) in [6.45, 7) is 3.19. The molecule has 4 nitrogen and oxygen atoms in total. The van der Waals surface area contributed by atoms with Crippen LogP contribution in [0, 0.1) is 0 Å². The van der Waals surface area contributed by atoms with Crippen LogP contribution < -0.4 is 0 Å². The third-order valence-corrected chi connectivity index (χ3v) is 6.73. The van der Waals surface area contributed by atoms with Crippen molar-refractivity contribution in [3.05, 3.63) is 36.4 Å². The van der Waals surface area contributed by atoms with Crippen molar-refractivity contribution >= 4 is 30.4 Å². The zero-order chi connectivity index (χ0) is 15.0. The lowest BCUT2D eigenvalue weighted by atomic mass is 10.1. The van der Waals surface area contributed by atoms with E-state index in [1.165, 1.54) is 12.1 Å². The van der Waals surface area contributed by atoms with Crippen molar-refractivity contribution in [1.29, 1.82) is 0 Å². The molecular weight excluding hydrogens is 296 g/mol. The quantitative estimate of drug-likeness (QED) is 0.869. The second-order valence-corrected chi connectivity index (χ2v) is 9.03. The minimum absolute atomic E-state index is 0.0425. The van der Waals surface area contributed by atoms with E-state index in [1.807, 2.05) is 0 Å². The first-order valence-corrected chi connectivity index (χ1v) is 9.60. The molecule has 0 amide bonds. The number of fused-ring (bicyclic) bond motifs is 1. The van der Waals surface area contributed by atoms with E-state index in [9.17, 15) is 16.8 Å². The molecule has 0 aliphatic carbocycles. The monoisotopic (exact) mass is 312 g/mol. The molecule has 0 bridgehead atoms. The highest BCUT2D eigenvalue weighted by Crippen LogP contribution is 2.23. The first-order valence-electron chi connectivity index (χ1n) is 6.29. The Kier molecular flexibility index (Phi) is 3.88. The zero-order valence-corrected chi connectivity index (χ0v) is 13.0. The largest absolute Gasteiger partial charge is 0.224 e. The van der Waals surface area contributed by atoms with Gasteiger partial charge in [0.1, 0.15) is 0 Å². The molecule has 2 rings (SSSR count).